The molecule has 0 aliphatic rings. The van der Waals surface area contributed by atoms with Crippen molar-refractivity contribution in [2.45, 2.75) is 11.5 Å². The van der Waals surface area contributed by atoms with Gasteiger partial charge in [0.1, 0.15) is 0 Å². The molecule has 0 bridgehead atoms. The Morgan fingerprint density at radius 1 is 1.44 bits per heavy atom. The Kier molecular flexibility index (Phi) is 4.64. The van der Waals surface area contributed by atoms with Gasteiger partial charge in [0.2, 0.25) is 9.84 Å². The number of sulfone groups is 1. The third-order valence-corrected chi connectivity index (χ3v) is 3.81. The predicted molar refractivity (Wildman–Crippen MR) is 61.4 cm³/mol. The first-order valence-electron chi connectivity index (χ1n) is 4.65. The van der Waals surface area contributed by atoms with Crippen molar-refractivity contribution in [1.29, 1.82) is 0 Å². The predicted octanol–water partition coefficient (Wildman–Crippen LogP) is 2.26. The van der Waals surface area contributed by atoms with E-state index in [1.54, 1.807) is 0 Å². The van der Waals surface area contributed by atoms with Crippen LogP contribution in [-0.2, 0) is 20.3 Å². The number of carbonyl (C=O) groups is 1. The topological polar surface area (TPSA) is 60.4 Å². The number of benzene rings is 1. The van der Waals surface area contributed by atoms with Crippen molar-refractivity contribution in [1.82, 2.24) is 0 Å². The highest BCUT2D eigenvalue weighted by molar-refractivity contribution is 7.90. The third-order valence-electron chi connectivity index (χ3n) is 2.11. The van der Waals surface area contributed by atoms with Gasteiger partial charge in [-0.15, -0.1) is 0 Å². The average Bonchev–Trinajstić information content (AvgIpc) is 2.30. The van der Waals surface area contributed by atoms with Crippen molar-refractivity contribution >= 4 is 27.4 Å². The number of alkyl halides is 2. The highest BCUT2D eigenvalue weighted by Gasteiger charge is 2.26. The second kappa shape index (κ2) is 5.62. The minimum atomic E-state index is -4.59. The lowest BCUT2D eigenvalue weighted by Gasteiger charge is -2.08. The maximum absolute atomic E-state index is 12.2. The molecule has 0 unspecified atom stereocenters. The Morgan fingerprint density at radius 3 is 2.56 bits per heavy atom. The molecule has 0 heterocycles. The fourth-order valence-corrected chi connectivity index (χ4v) is 2.39. The normalized spacial score (nSPS) is 11.6. The summed E-state index contributed by atoms with van der Waals surface area (Å²) >= 11 is 5.78. The highest BCUT2D eigenvalue weighted by atomic mass is 35.5. The zero-order valence-electron chi connectivity index (χ0n) is 9.19. The Labute approximate surface area is 107 Å². The van der Waals surface area contributed by atoms with Crippen LogP contribution in [0.2, 0.25) is 5.02 Å². The van der Waals surface area contributed by atoms with E-state index in [4.69, 9.17) is 11.6 Å². The van der Waals surface area contributed by atoms with Crippen LogP contribution in [0.15, 0.2) is 18.2 Å². The summed E-state index contributed by atoms with van der Waals surface area (Å²) in [6.45, 7) is 0. The molecule has 0 amide bonds. The first-order chi connectivity index (χ1) is 8.29. The highest BCUT2D eigenvalue weighted by Crippen LogP contribution is 2.25. The molecule has 1 aromatic carbocycles. The number of halogens is 3. The van der Waals surface area contributed by atoms with Crippen LogP contribution in [0, 0.1) is 0 Å². The molecule has 0 saturated heterocycles. The summed E-state index contributed by atoms with van der Waals surface area (Å²) in [5.41, 5.74) is -0.138. The van der Waals surface area contributed by atoms with Crippen LogP contribution in [-0.4, -0.2) is 27.3 Å². The first-order valence-corrected chi connectivity index (χ1v) is 6.74. The molecule has 100 valence electrons. The van der Waals surface area contributed by atoms with Gasteiger partial charge in [-0.1, -0.05) is 23.7 Å². The number of hydrogen-bond donors (Lipinski definition) is 0. The zero-order chi connectivity index (χ0) is 13.9. The Balaban J connectivity index is 3.17. The summed E-state index contributed by atoms with van der Waals surface area (Å²) in [6, 6.07) is 3.91. The number of rotatable bonds is 4. The molecule has 8 heteroatoms. The minimum Gasteiger partial charge on any atom is -0.465 e. The van der Waals surface area contributed by atoms with Crippen LogP contribution in [0.5, 0.6) is 0 Å². The van der Waals surface area contributed by atoms with Gasteiger partial charge >= 0.3 is 11.7 Å². The molecule has 0 aliphatic heterocycles. The summed E-state index contributed by atoms with van der Waals surface area (Å²) in [5, 5.41) is -0.200. The molecule has 4 nitrogen and oxygen atoms in total. The van der Waals surface area contributed by atoms with E-state index >= 15 is 0 Å². The monoisotopic (exact) mass is 298 g/mol. The summed E-state index contributed by atoms with van der Waals surface area (Å²) in [6.07, 6.45) is 0. The smallest absolute Gasteiger partial charge is 0.339 e. The Hall–Kier alpha value is -1.21. The standard InChI is InChI=1S/C10H9ClF2O4S/c1-17-9(14)7-4-2-3-6(8(7)11)5-18(15,16)10(12)13/h2-4,10H,5H2,1H3. The number of ether oxygens (including phenoxy) is 1. The van der Waals surface area contributed by atoms with E-state index in [1.165, 1.54) is 18.2 Å². The third kappa shape index (κ3) is 3.17. The van der Waals surface area contributed by atoms with Crippen molar-refractivity contribution in [3.63, 3.8) is 0 Å². The van der Waals surface area contributed by atoms with E-state index in [-0.39, 0.29) is 16.1 Å². The minimum absolute atomic E-state index is 0.0684. The van der Waals surface area contributed by atoms with Crippen LogP contribution >= 0.6 is 11.6 Å². The molecule has 0 spiro atoms. The van der Waals surface area contributed by atoms with Crippen molar-refractivity contribution in [3.8, 4) is 0 Å². The Bertz CT molecular complexity index is 557. The van der Waals surface area contributed by atoms with Gasteiger partial charge in [-0.2, -0.15) is 8.78 Å². The van der Waals surface area contributed by atoms with Gasteiger partial charge in [0, 0.05) is 0 Å². The second-order valence-corrected chi connectivity index (χ2v) is 5.69. The molecule has 0 aliphatic carbocycles. The van der Waals surface area contributed by atoms with E-state index < -0.39 is 27.3 Å². The molecule has 1 rings (SSSR count). The molecule has 0 aromatic heterocycles. The molecule has 0 saturated carbocycles. The van der Waals surface area contributed by atoms with Crippen LogP contribution in [0.1, 0.15) is 15.9 Å². The van der Waals surface area contributed by atoms with E-state index in [0.717, 1.165) is 7.11 Å². The number of hydrogen-bond acceptors (Lipinski definition) is 4. The lowest BCUT2D eigenvalue weighted by molar-refractivity contribution is 0.0601. The van der Waals surface area contributed by atoms with Crippen LogP contribution in [0.4, 0.5) is 8.78 Å². The van der Waals surface area contributed by atoms with E-state index in [9.17, 15) is 22.0 Å². The molecule has 18 heavy (non-hydrogen) atoms. The van der Waals surface area contributed by atoms with Gasteiger partial charge in [-0.05, 0) is 11.6 Å². The van der Waals surface area contributed by atoms with Crippen molar-refractivity contribution in [2.75, 3.05) is 7.11 Å². The summed E-state index contributed by atoms with van der Waals surface area (Å²) in [7, 11) is -3.47. The lowest BCUT2D eigenvalue weighted by Crippen LogP contribution is -2.14. The number of carbonyl (C=O) groups excluding carboxylic acids is 1. The molecule has 0 radical (unpaired) electrons. The molecule has 0 N–H and O–H groups in total. The first kappa shape index (κ1) is 14.8. The van der Waals surface area contributed by atoms with E-state index in [2.05, 4.69) is 4.74 Å². The van der Waals surface area contributed by atoms with Gasteiger partial charge < -0.3 is 4.74 Å². The van der Waals surface area contributed by atoms with E-state index in [1.807, 2.05) is 0 Å². The molecule has 1 aromatic rings. The van der Waals surface area contributed by atoms with Gasteiger partial charge in [-0.25, -0.2) is 13.2 Å². The van der Waals surface area contributed by atoms with Gasteiger partial charge in [-0.3, -0.25) is 0 Å². The summed E-state index contributed by atoms with van der Waals surface area (Å²) in [5.74, 6) is -5.19. The SMILES string of the molecule is COC(=O)c1cccc(CS(=O)(=O)C(F)F)c1Cl. The van der Waals surface area contributed by atoms with Crippen molar-refractivity contribution < 1.29 is 26.7 Å². The maximum atomic E-state index is 12.2. The fourth-order valence-electron chi connectivity index (χ4n) is 1.24. The molecule has 0 atom stereocenters. The molecule has 0 fully saturated rings. The van der Waals surface area contributed by atoms with Crippen molar-refractivity contribution in [3.05, 3.63) is 34.3 Å². The van der Waals surface area contributed by atoms with Crippen molar-refractivity contribution in [2.24, 2.45) is 0 Å². The zero-order valence-corrected chi connectivity index (χ0v) is 10.8. The molecular weight excluding hydrogens is 290 g/mol. The number of methoxy groups -OCH3 is 1. The van der Waals surface area contributed by atoms with Gasteiger partial charge in [0.25, 0.3) is 0 Å². The fraction of sp³-hybridized carbons (Fsp3) is 0.300. The second-order valence-electron chi connectivity index (χ2n) is 3.34. The van der Waals surface area contributed by atoms with Gasteiger partial charge in [0.05, 0.1) is 23.4 Å². The van der Waals surface area contributed by atoms with Crippen LogP contribution in [0.25, 0.3) is 0 Å². The summed E-state index contributed by atoms with van der Waals surface area (Å²) in [4.78, 5) is 11.3. The van der Waals surface area contributed by atoms with Crippen LogP contribution < -0.4 is 0 Å². The summed E-state index contributed by atoms with van der Waals surface area (Å²) < 4.78 is 51.0. The quantitative estimate of drug-likeness (QED) is 0.800. The Morgan fingerprint density at radius 2 is 2.06 bits per heavy atom. The number of esters is 1. The van der Waals surface area contributed by atoms with Crippen LogP contribution in [0.3, 0.4) is 0 Å². The van der Waals surface area contributed by atoms with Gasteiger partial charge in [0.15, 0.2) is 0 Å². The lowest BCUT2D eigenvalue weighted by atomic mass is 10.1. The largest absolute Gasteiger partial charge is 0.465 e. The van der Waals surface area contributed by atoms with E-state index in [0.29, 0.717) is 0 Å². The maximum Gasteiger partial charge on any atom is 0.339 e. The average molecular weight is 299 g/mol. The molecular formula is C10H9ClF2O4S.